The fraction of sp³-hybridized carbons (Fsp3) is 0.263. The monoisotopic (exact) mass is 388 g/mol. The smallest absolute Gasteiger partial charge is 0.237 e. The number of methoxy groups -OCH3 is 2. The molecule has 0 saturated carbocycles. The van der Waals surface area contributed by atoms with Crippen molar-refractivity contribution < 1.29 is 14.3 Å². The number of para-hydroxylation sites is 1. The largest absolute Gasteiger partial charge is 0.493 e. The van der Waals surface area contributed by atoms with Crippen molar-refractivity contribution >= 4 is 45.2 Å². The number of ether oxygens (including phenoxy) is 2. The Labute approximate surface area is 161 Å². The molecule has 0 bridgehead atoms. The Balaban J connectivity index is 1.65. The average Bonchev–Trinajstić information content (AvgIpc) is 2.67. The Morgan fingerprint density at radius 2 is 1.96 bits per heavy atom. The summed E-state index contributed by atoms with van der Waals surface area (Å²) in [5.74, 6) is 2.00. The van der Waals surface area contributed by atoms with Crippen molar-refractivity contribution in [3.63, 3.8) is 0 Å². The summed E-state index contributed by atoms with van der Waals surface area (Å²) in [7, 11) is 3.15. The van der Waals surface area contributed by atoms with E-state index in [2.05, 4.69) is 16.4 Å². The van der Waals surface area contributed by atoms with Crippen LogP contribution < -0.4 is 14.8 Å². The van der Waals surface area contributed by atoms with Crippen molar-refractivity contribution in [1.82, 2.24) is 0 Å². The number of thioether (sulfide) groups is 2. The van der Waals surface area contributed by atoms with Crippen LogP contribution in [0.15, 0.2) is 47.5 Å². The van der Waals surface area contributed by atoms with Gasteiger partial charge in [-0.2, -0.15) is 0 Å². The van der Waals surface area contributed by atoms with Gasteiger partial charge in [0.05, 0.1) is 25.2 Å². The van der Waals surface area contributed by atoms with Gasteiger partial charge in [-0.25, -0.2) is 4.99 Å². The summed E-state index contributed by atoms with van der Waals surface area (Å²) in [6, 6.07) is 13.4. The van der Waals surface area contributed by atoms with Gasteiger partial charge in [0.15, 0.2) is 11.5 Å². The number of amides is 1. The number of carbonyl (C=O) groups excluding carboxylic acids is 1. The highest BCUT2D eigenvalue weighted by Crippen LogP contribution is 2.36. The fourth-order valence-corrected chi connectivity index (χ4v) is 4.62. The van der Waals surface area contributed by atoms with Gasteiger partial charge < -0.3 is 14.8 Å². The Morgan fingerprint density at radius 3 is 2.73 bits per heavy atom. The summed E-state index contributed by atoms with van der Waals surface area (Å²) >= 11 is 3.14. The Bertz CT molecular complexity index is 839. The van der Waals surface area contributed by atoms with Crippen LogP contribution in [-0.2, 0) is 10.5 Å². The highest BCUT2D eigenvalue weighted by atomic mass is 32.2. The summed E-state index contributed by atoms with van der Waals surface area (Å²) in [5, 5.41) is 2.65. The van der Waals surface area contributed by atoms with Gasteiger partial charge in [-0.05, 0) is 30.7 Å². The molecular formula is C19H20N2O3S2. The van der Waals surface area contributed by atoms with Crippen LogP contribution in [0, 0.1) is 0 Å². The lowest BCUT2D eigenvalue weighted by Crippen LogP contribution is -2.23. The van der Waals surface area contributed by atoms with Crippen LogP contribution in [0.4, 0.5) is 11.4 Å². The summed E-state index contributed by atoms with van der Waals surface area (Å²) in [4.78, 5) is 17.2. The summed E-state index contributed by atoms with van der Waals surface area (Å²) < 4.78 is 11.4. The summed E-state index contributed by atoms with van der Waals surface area (Å²) in [6.45, 7) is 1.88. The number of carbonyl (C=O) groups is 1. The van der Waals surface area contributed by atoms with Crippen molar-refractivity contribution in [1.29, 1.82) is 0 Å². The average molecular weight is 389 g/mol. The minimum absolute atomic E-state index is 0.0793. The molecule has 3 rings (SSSR count). The van der Waals surface area contributed by atoms with Crippen LogP contribution in [0.2, 0.25) is 0 Å². The predicted molar refractivity (Wildman–Crippen MR) is 110 cm³/mol. The maximum Gasteiger partial charge on any atom is 0.237 e. The number of aliphatic imine (C=N–C) groups is 1. The minimum atomic E-state index is -0.264. The van der Waals surface area contributed by atoms with E-state index in [9.17, 15) is 4.79 Å². The predicted octanol–water partition coefficient (Wildman–Crippen LogP) is 4.70. The van der Waals surface area contributed by atoms with Gasteiger partial charge >= 0.3 is 0 Å². The van der Waals surface area contributed by atoms with Gasteiger partial charge in [0.2, 0.25) is 5.91 Å². The minimum Gasteiger partial charge on any atom is -0.493 e. The Kier molecular flexibility index (Phi) is 6.11. The first kappa shape index (κ1) is 18.7. The highest BCUT2D eigenvalue weighted by molar-refractivity contribution is 8.39. The second-order valence-electron chi connectivity index (χ2n) is 5.61. The molecule has 2 aromatic rings. The third-order valence-electron chi connectivity index (χ3n) is 3.85. The zero-order valence-corrected chi connectivity index (χ0v) is 16.4. The Morgan fingerprint density at radius 1 is 1.19 bits per heavy atom. The standard InChI is InChI=1S/C19H20N2O3S2/c1-12(26-19-21-15-7-5-4-6-13(15)11-25-19)18(22)20-14-8-9-16(23-2)17(10-14)24-3/h4-10,12H,11H2,1-3H3,(H,20,22)/t12-/m0/s1. The molecule has 1 aliphatic heterocycles. The molecule has 0 fully saturated rings. The van der Waals surface area contributed by atoms with E-state index in [4.69, 9.17) is 9.47 Å². The molecule has 0 unspecified atom stereocenters. The molecule has 5 nitrogen and oxygen atoms in total. The number of nitrogens with one attached hydrogen (secondary N) is 1. The molecule has 0 radical (unpaired) electrons. The number of anilines is 1. The molecule has 1 heterocycles. The molecule has 0 saturated heterocycles. The molecule has 136 valence electrons. The lowest BCUT2D eigenvalue weighted by atomic mass is 10.2. The molecule has 1 amide bonds. The summed E-state index contributed by atoms with van der Waals surface area (Å²) in [5.41, 5.74) is 2.88. The lowest BCUT2D eigenvalue weighted by molar-refractivity contribution is -0.115. The maximum atomic E-state index is 12.5. The second kappa shape index (κ2) is 8.51. The second-order valence-corrected chi connectivity index (χ2v) is 8.17. The molecule has 2 aromatic carbocycles. The number of nitrogens with zero attached hydrogens (tertiary/aromatic N) is 1. The topological polar surface area (TPSA) is 59.9 Å². The van der Waals surface area contributed by atoms with Crippen molar-refractivity contribution in [2.24, 2.45) is 4.99 Å². The van der Waals surface area contributed by atoms with Crippen LogP contribution in [0.1, 0.15) is 12.5 Å². The van der Waals surface area contributed by atoms with Crippen LogP contribution in [-0.4, -0.2) is 29.8 Å². The number of fused-ring (bicyclic) bond motifs is 1. The van der Waals surface area contributed by atoms with Crippen LogP contribution in [0.25, 0.3) is 0 Å². The molecule has 1 aliphatic rings. The van der Waals surface area contributed by atoms with Crippen molar-refractivity contribution in [3.8, 4) is 11.5 Å². The van der Waals surface area contributed by atoms with Gasteiger partial charge in [0.1, 0.15) is 4.38 Å². The van der Waals surface area contributed by atoms with Gasteiger partial charge in [0.25, 0.3) is 0 Å². The van der Waals surface area contributed by atoms with E-state index in [1.54, 1.807) is 44.2 Å². The highest BCUT2D eigenvalue weighted by Gasteiger charge is 2.20. The van der Waals surface area contributed by atoms with E-state index >= 15 is 0 Å². The van der Waals surface area contributed by atoms with Gasteiger partial charge in [0, 0.05) is 17.5 Å². The van der Waals surface area contributed by atoms with E-state index in [0.717, 1.165) is 15.8 Å². The molecular weight excluding hydrogens is 368 g/mol. The van der Waals surface area contributed by atoms with Crippen molar-refractivity contribution in [3.05, 3.63) is 48.0 Å². The SMILES string of the molecule is COc1ccc(NC(=O)[C@H](C)SC2=Nc3ccccc3CS2)cc1OC. The van der Waals surface area contributed by atoms with Crippen molar-refractivity contribution in [2.45, 2.75) is 17.9 Å². The van der Waals surface area contributed by atoms with Crippen LogP contribution in [0.3, 0.4) is 0 Å². The molecule has 0 aliphatic carbocycles. The lowest BCUT2D eigenvalue weighted by Gasteiger charge is -2.17. The molecule has 1 atom stereocenters. The van der Waals surface area contributed by atoms with E-state index < -0.39 is 0 Å². The molecule has 1 N–H and O–H groups in total. The number of benzene rings is 2. The maximum absolute atomic E-state index is 12.5. The first-order chi connectivity index (χ1) is 12.6. The third-order valence-corrected chi connectivity index (χ3v) is 6.15. The van der Waals surface area contributed by atoms with E-state index in [1.165, 1.54) is 17.3 Å². The van der Waals surface area contributed by atoms with Crippen LogP contribution in [0.5, 0.6) is 11.5 Å². The van der Waals surface area contributed by atoms with E-state index in [-0.39, 0.29) is 11.2 Å². The molecule has 0 aromatic heterocycles. The molecule has 7 heteroatoms. The molecule has 26 heavy (non-hydrogen) atoms. The first-order valence-electron chi connectivity index (χ1n) is 8.09. The summed E-state index contributed by atoms with van der Waals surface area (Å²) in [6.07, 6.45) is 0. The zero-order chi connectivity index (χ0) is 18.5. The zero-order valence-electron chi connectivity index (χ0n) is 14.8. The quantitative estimate of drug-likeness (QED) is 0.805. The van der Waals surface area contributed by atoms with Crippen LogP contribution >= 0.6 is 23.5 Å². The fourth-order valence-electron chi connectivity index (χ4n) is 2.44. The third kappa shape index (κ3) is 4.34. The van der Waals surface area contributed by atoms with Gasteiger partial charge in [-0.1, -0.05) is 41.7 Å². The van der Waals surface area contributed by atoms with E-state index in [1.807, 2.05) is 25.1 Å². The first-order valence-corrected chi connectivity index (χ1v) is 9.96. The number of hydrogen-bond acceptors (Lipinski definition) is 6. The van der Waals surface area contributed by atoms with Crippen molar-refractivity contribution in [2.75, 3.05) is 19.5 Å². The number of rotatable bonds is 5. The van der Waals surface area contributed by atoms with Gasteiger partial charge in [-0.15, -0.1) is 0 Å². The molecule has 0 spiro atoms. The Hall–Kier alpha value is -2.12. The number of hydrogen-bond donors (Lipinski definition) is 1. The van der Waals surface area contributed by atoms with Gasteiger partial charge in [-0.3, -0.25) is 4.79 Å². The normalized spacial score (nSPS) is 14.0. The van der Waals surface area contributed by atoms with E-state index in [0.29, 0.717) is 17.2 Å².